The number of fused-ring (bicyclic) bond motifs is 2. The van der Waals surface area contributed by atoms with E-state index in [0.717, 1.165) is 113 Å². The van der Waals surface area contributed by atoms with Gasteiger partial charge in [0, 0.05) is 49.4 Å². The SMILES string of the molecule is Cc1cc(S(=O)(=O)NC2CCC(OC3CC(CN4CCC(c5ccc6c(c5)n(C)c(=O)n6C5CCC(=O)NC5O)CC4)C3)CC2)ccc1Nc1ncc2cc(Cl)c(=O)n(C3CCCC3)c2n1. The molecule has 2 aromatic carbocycles. The molecule has 2 unspecified atom stereocenters. The van der Waals surface area contributed by atoms with E-state index in [-0.39, 0.29) is 57.8 Å². The number of sulfonamides is 1. The zero-order valence-electron chi connectivity index (χ0n) is 37.6. The van der Waals surface area contributed by atoms with Crippen molar-refractivity contribution in [3.8, 4) is 0 Å². The fraction of sp³-hybridized carbons (Fsp3) is 0.562. The molecule has 5 fully saturated rings. The van der Waals surface area contributed by atoms with Crippen molar-refractivity contribution in [2.45, 2.75) is 144 Å². The van der Waals surface area contributed by atoms with Gasteiger partial charge in [0.2, 0.25) is 21.9 Å². The van der Waals surface area contributed by atoms with Gasteiger partial charge in [0.15, 0.2) is 0 Å². The van der Waals surface area contributed by atoms with Gasteiger partial charge in [-0.15, -0.1) is 0 Å². The summed E-state index contributed by atoms with van der Waals surface area (Å²) >= 11 is 6.30. The molecular formula is C48H60ClN9O7S. The molecule has 5 heterocycles. The molecule has 3 aromatic heterocycles. The molecule has 2 aliphatic heterocycles. The van der Waals surface area contributed by atoms with Crippen LogP contribution in [0.2, 0.25) is 5.02 Å². The number of imidazole rings is 1. The summed E-state index contributed by atoms with van der Waals surface area (Å²) in [6.07, 6.45) is 12.9. The third kappa shape index (κ3) is 9.06. The van der Waals surface area contributed by atoms with Crippen molar-refractivity contribution < 1.29 is 23.1 Å². The number of rotatable bonds is 12. The lowest BCUT2D eigenvalue weighted by Gasteiger charge is -2.42. The van der Waals surface area contributed by atoms with E-state index in [9.17, 15) is 27.9 Å². The number of aromatic nitrogens is 5. The number of carbonyl (C=O) groups is 1. The first-order chi connectivity index (χ1) is 31.8. The first kappa shape index (κ1) is 45.1. The van der Waals surface area contributed by atoms with Gasteiger partial charge in [0.05, 0.1) is 34.2 Å². The van der Waals surface area contributed by atoms with Gasteiger partial charge in [-0.25, -0.2) is 22.9 Å². The van der Waals surface area contributed by atoms with Crippen LogP contribution in [-0.2, 0) is 26.6 Å². The summed E-state index contributed by atoms with van der Waals surface area (Å²) in [6.45, 7) is 4.98. The smallest absolute Gasteiger partial charge is 0.329 e. The monoisotopic (exact) mass is 941 g/mol. The zero-order chi connectivity index (χ0) is 45.9. The van der Waals surface area contributed by atoms with Gasteiger partial charge in [-0.1, -0.05) is 30.5 Å². The summed E-state index contributed by atoms with van der Waals surface area (Å²) in [6, 6.07) is 12.2. The third-order valence-corrected chi connectivity index (χ3v) is 16.9. The van der Waals surface area contributed by atoms with Gasteiger partial charge in [0.1, 0.15) is 16.9 Å². The van der Waals surface area contributed by atoms with Gasteiger partial charge in [-0.2, -0.15) is 4.98 Å². The molecule has 2 saturated heterocycles. The number of benzene rings is 2. The lowest BCUT2D eigenvalue weighted by Crippen LogP contribution is -2.47. The van der Waals surface area contributed by atoms with Gasteiger partial charge < -0.3 is 25.4 Å². The molecule has 4 N–H and O–H groups in total. The number of pyridine rings is 1. The highest BCUT2D eigenvalue weighted by atomic mass is 35.5. The van der Waals surface area contributed by atoms with E-state index >= 15 is 0 Å². The van der Waals surface area contributed by atoms with E-state index in [2.05, 4.69) is 37.4 Å². The highest BCUT2D eigenvalue weighted by Crippen LogP contribution is 2.38. The van der Waals surface area contributed by atoms with Crippen molar-refractivity contribution in [3.05, 3.63) is 85.6 Å². The van der Waals surface area contributed by atoms with E-state index in [0.29, 0.717) is 40.9 Å². The Morgan fingerprint density at radius 1 is 0.894 bits per heavy atom. The Kier molecular flexibility index (Phi) is 12.6. The molecule has 0 radical (unpaired) electrons. The molecule has 66 heavy (non-hydrogen) atoms. The average molecular weight is 943 g/mol. The number of aryl methyl sites for hydroxylation is 2. The molecule has 16 nitrogen and oxygen atoms in total. The third-order valence-electron chi connectivity index (χ3n) is 15.1. The summed E-state index contributed by atoms with van der Waals surface area (Å²) in [5.74, 6) is 1.14. The highest BCUT2D eigenvalue weighted by Gasteiger charge is 2.36. The minimum absolute atomic E-state index is 0.0442. The van der Waals surface area contributed by atoms with Crippen LogP contribution in [0.1, 0.15) is 119 Å². The fourth-order valence-corrected chi connectivity index (χ4v) is 12.9. The van der Waals surface area contributed by atoms with Crippen molar-refractivity contribution in [1.82, 2.24) is 38.6 Å². The Labute approximate surface area is 389 Å². The molecule has 1 amide bonds. The minimum Gasteiger partial charge on any atom is -0.375 e. The number of likely N-dealkylation sites (tertiary alicyclic amines) is 1. The Bertz CT molecular complexity index is 2870. The van der Waals surface area contributed by atoms with Gasteiger partial charge in [0.25, 0.3) is 5.56 Å². The Morgan fingerprint density at radius 3 is 2.38 bits per heavy atom. The average Bonchev–Trinajstić information content (AvgIpc) is 3.91. The maximum absolute atomic E-state index is 13.6. The van der Waals surface area contributed by atoms with Crippen molar-refractivity contribution in [3.63, 3.8) is 0 Å². The standard InChI is InChI=1S/C48H60ClN9O7S/c1-28-21-37(12-13-39(28)51-47-50-26-32-24-38(49)46(61)57(44(32)53-47)34-5-3-4-6-34)66(63,64)54-33-8-10-35(11-9-33)65-36-22-29(23-36)27-56-19-17-30(18-20-56)31-7-14-40-42(25-31)55(2)48(62)58(40)41-15-16-43(59)52-45(41)60/h7,12-14,21,24-26,29-30,33-36,41,45,54,60H,3-6,8-11,15-20,22-23,27H2,1-2H3,(H,52,59)(H,50,51,53). The number of nitrogens with one attached hydrogen (secondary N) is 3. The second kappa shape index (κ2) is 18.4. The first-order valence-corrected chi connectivity index (χ1v) is 25.7. The van der Waals surface area contributed by atoms with Crippen molar-refractivity contribution in [2.24, 2.45) is 13.0 Å². The maximum Gasteiger partial charge on any atom is 0.329 e. The maximum atomic E-state index is 13.6. The lowest BCUT2D eigenvalue weighted by atomic mass is 9.80. The molecule has 2 atom stereocenters. The molecule has 5 aromatic rings. The molecule has 3 saturated carbocycles. The number of ether oxygens (including phenoxy) is 1. The summed E-state index contributed by atoms with van der Waals surface area (Å²) < 4.78 is 41.6. The summed E-state index contributed by atoms with van der Waals surface area (Å²) in [5, 5.41) is 17.2. The van der Waals surface area contributed by atoms with Crippen LogP contribution in [0.3, 0.4) is 0 Å². The Morgan fingerprint density at radius 2 is 1.65 bits per heavy atom. The predicted octanol–water partition coefficient (Wildman–Crippen LogP) is 6.30. The molecule has 5 aliphatic rings. The van der Waals surface area contributed by atoms with Crippen LogP contribution >= 0.6 is 11.6 Å². The van der Waals surface area contributed by atoms with Crippen LogP contribution in [0.5, 0.6) is 0 Å². The second-order valence-electron chi connectivity index (χ2n) is 19.5. The van der Waals surface area contributed by atoms with Crippen LogP contribution in [0, 0.1) is 12.8 Å². The van der Waals surface area contributed by atoms with Crippen LogP contribution in [0.15, 0.2) is 63.1 Å². The Balaban J connectivity index is 0.663. The van der Waals surface area contributed by atoms with Crippen molar-refractivity contribution >= 4 is 61.2 Å². The van der Waals surface area contributed by atoms with Gasteiger partial charge in [-0.05, 0) is 150 Å². The number of carbonyl (C=O) groups excluding carboxylic acids is 1. The van der Waals surface area contributed by atoms with E-state index in [4.69, 9.17) is 21.3 Å². The van der Waals surface area contributed by atoms with Crippen LogP contribution in [0.4, 0.5) is 11.6 Å². The van der Waals surface area contributed by atoms with Gasteiger partial charge in [-0.3, -0.25) is 23.3 Å². The quantitative estimate of drug-likeness (QED) is 0.110. The molecule has 10 rings (SSSR count). The number of piperidine rings is 2. The number of aliphatic hydroxyl groups excluding tert-OH is 1. The summed E-state index contributed by atoms with van der Waals surface area (Å²) in [5.41, 5.74) is 4.35. The molecule has 18 heteroatoms. The number of amides is 1. The highest BCUT2D eigenvalue weighted by molar-refractivity contribution is 7.89. The van der Waals surface area contributed by atoms with E-state index in [1.165, 1.54) is 5.56 Å². The van der Waals surface area contributed by atoms with Gasteiger partial charge >= 0.3 is 5.69 Å². The van der Waals surface area contributed by atoms with E-state index < -0.39 is 22.3 Å². The molecule has 352 valence electrons. The van der Waals surface area contributed by atoms with Crippen molar-refractivity contribution in [1.29, 1.82) is 0 Å². The zero-order valence-corrected chi connectivity index (χ0v) is 39.2. The van der Waals surface area contributed by atoms with E-state index in [1.807, 2.05) is 13.0 Å². The fourth-order valence-electron chi connectivity index (χ4n) is 11.3. The lowest BCUT2D eigenvalue weighted by molar-refractivity contribution is -0.128. The topological polar surface area (TPSA) is 195 Å². The van der Waals surface area contributed by atoms with E-state index in [1.54, 1.807) is 51.2 Å². The largest absolute Gasteiger partial charge is 0.375 e. The van der Waals surface area contributed by atoms with Crippen molar-refractivity contribution in [2.75, 3.05) is 25.0 Å². The first-order valence-electron chi connectivity index (χ1n) is 23.8. The minimum atomic E-state index is -3.75. The summed E-state index contributed by atoms with van der Waals surface area (Å²) in [7, 11) is -1.98. The molecule has 3 aliphatic carbocycles. The molecule has 0 bridgehead atoms. The Hall–Kier alpha value is -4.65. The van der Waals surface area contributed by atoms with Crippen LogP contribution in [0.25, 0.3) is 22.1 Å². The number of anilines is 2. The van der Waals surface area contributed by atoms with Crippen LogP contribution < -0.4 is 26.6 Å². The predicted molar refractivity (Wildman–Crippen MR) is 253 cm³/mol. The molecular weight excluding hydrogens is 882 g/mol. The van der Waals surface area contributed by atoms with Crippen LogP contribution in [-0.4, -0.2) is 92.1 Å². The molecule has 0 spiro atoms. The summed E-state index contributed by atoms with van der Waals surface area (Å²) in [4.78, 5) is 50.1. The number of hydrogen-bond donors (Lipinski definition) is 4. The second-order valence-corrected chi connectivity index (χ2v) is 21.6. The number of nitrogens with zero attached hydrogens (tertiary/aromatic N) is 6. The normalized spacial score (nSPS) is 25.9. The number of aliphatic hydroxyl groups is 1. The number of halogens is 1. The number of hydrogen-bond acceptors (Lipinski definition) is 11.